The van der Waals surface area contributed by atoms with Crippen LogP contribution in [0, 0.1) is 19.7 Å². The molecule has 0 amide bonds. The third-order valence-corrected chi connectivity index (χ3v) is 3.76. The molecule has 2 aromatic rings. The topological polar surface area (TPSA) is 69.4 Å². The maximum absolute atomic E-state index is 14.1. The van der Waals surface area contributed by atoms with Crippen LogP contribution in [0.4, 0.5) is 4.39 Å². The van der Waals surface area contributed by atoms with Gasteiger partial charge in [0.15, 0.2) is 0 Å². The zero-order valence-electron chi connectivity index (χ0n) is 13.9. The van der Waals surface area contributed by atoms with E-state index in [9.17, 15) is 14.0 Å². The van der Waals surface area contributed by atoms with Gasteiger partial charge in [-0.05, 0) is 59.9 Å². The van der Waals surface area contributed by atoms with E-state index in [4.69, 9.17) is 5.73 Å². The number of hydrogen-bond donors (Lipinski definition) is 1. The van der Waals surface area contributed by atoms with Crippen LogP contribution in [0.3, 0.4) is 0 Å². The molecule has 0 bridgehead atoms. The lowest BCUT2D eigenvalue weighted by Crippen LogP contribution is -2.19. The summed E-state index contributed by atoms with van der Waals surface area (Å²) in [5.74, 6) is -1.85. The van der Waals surface area contributed by atoms with Crippen molar-refractivity contribution in [1.82, 2.24) is 0 Å². The zero-order chi connectivity index (χ0) is 17.9. The maximum atomic E-state index is 14.1. The minimum Gasteiger partial charge on any atom is -0.393 e. The Balaban J connectivity index is 2.35. The summed E-state index contributed by atoms with van der Waals surface area (Å²) in [4.78, 5) is 22.4. The quantitative estimate of drug-likeness (QED) is 0.687. The van der Waals surface area contributed by atoms with Crippen LogP contribution < -0.4 is 5.73 Å². The summed E-state index contributed by atoms with van der Waals surface area (Å²) in [6.45, 7) is 5.05. The van der Waals surface area contributed by atoms with Gasteiger partial charge in [0, 0.05) is 13.0 Å². The number of benzene rings is 2. The van der Waals surface area contributed by atoms with Gasteiger partial charge in [-0.2, -0.15) is 0 Å². The van der Waals surface area contributed by atoms with Gasteiger partial charge in [-0.1, -0.05) is 18.2 Å². The van der Waals surface area contributed by atoms with Crippen molar-refractivity contribution < 1.29 is 18.7 Å². The average Bonchev–Trinajstić information content (AvgIpc) is 2.45. The summed E-state index contributed by atoms with van der Waals surface area (Å²) in [7, 11) is 0. The molecule has 0 fully saturated rings. The van der Waals surface area contributed by atoms with Crippen molar-refractivity contribution >= 4 is 11.9 Å². The van der Waals surface area contributed by atoms with E-state index in [1.165, 1.54) is 12.1 Å². The van der Waals surface area contributed by atoms with Crippen LogP contribution in [-0.2, 0) is 14.3 Å². The smallest absolute Gasteiger partial charge is 0.315 e. The standard InChI is InChI=1S/C19H20FNO3/c1-11-5-4-6-12(2)19(11)15-7-14(8-16(20)9-15)17(21)10-18(23)24-13(3)22/h4-9,17H,10,21H2,1-3H3/t17-/m0/s1. The second-order valence-electron chi connectivity index (χ2n) is 5.82. The highest BCUT2D eigenvalue weighted by atomic mass is 19.1. The molecule has 0 unspecified atom stereocenters. The first-order chi connectivity index (χ1) is 11.3. The Morgan fingerprint density at radius 2 is 1.79 bits per heavy atom. The van der Waals surface area contributed by atoms with Crippen molar-refractivity contribution in [3.63, 3.8) is 0 Å². The Morgan fingerprint density at radius 1 is 1.17 bits per heavy atom. The molecule has 0 aliphatic heterocycles. The van der Waals surface area contributed by atoms with Crippen LogP contribution in [0.5, 0.6) is 0 Å². The monoisotopic (exact) mass is 329 g/mol. The lowest BCUT2D eigenvalue weighted by molar-refractivity contribution is -0.158. The predicted molar refractivity (Wildman–Crippen MR) is 89.6 cm³/mol. The average molecular weight is 329 g/mol. The van der Waals surface area contributed by atoms with E-state index >= 15 is 0 Å². The van der Waals surface area contributed by atoms with E-state index in [2.05, 4.69) is 4.74 Å². The molecule has 4 nitrogen and oxygen atoms in total. The fraction of sp³-hybridized carbons (Fsp3) is 0.263. The lowest BCUT2D eigenvalue weighted by Gasteiger charge is -2.15. The maximum Gasteiger partial charge on any atom is 0.315 e. The minimum absolute atomic E-state index is 0.199. The molecular formula is C19H20FNO3. The van der Waals surface area contributed by atoms with Crippen molar-refractivity contribution in [1.29, 1.82) is 0 Å². The van der Waals surface area contributed by atoms with Gasteiger partial charge in [0.2, 0.25) is 0 Å². The molecular weight excluding hydrogens is 309 g/mol. The summed E-state index contributed by atoms with van der Waals surface area (Å²) >= 11 is 0. The minimum atomic E-state index is -0.754. The Labute approximate surface area is 140 Å². The summed E-state index contributed by atoms with van der Waals surface area (Å²) < 4.78 is 18.5. The molecule has 0 aliphatic rings. The van der Waals surface area contributed by atoms with Gasteiger partial charge in [0.25, 0.3) is 0 Å². The molecule has 0 saturated heterocycles. The first-order valence-electron chi connectivity index (χ1n) is 7.62. The molecule has 0 radical (unpaired) electrons. The third-order valence-electron chi connectivity index (χ3n) is 3.76. The number of nitrogens with two attached hydrogens (primary N) is 1. The van der Waals surface area contributed by atoms with Gasteiger partial charge in [-0.15, -0.1) is 0 Å². The molecule has 0 heterocycles. The zero-order valence-corrected chi connectivity index (χ0v) is 13.9. The second-order valence-corrected chi connectivity index (χ2v) is 5.82. The van der Waals surface area contributed by atoms with Crippen molar-refractivity contribution in [3.8, 4) is 11.1 Å². The number of carbonyl (C=O) groups is 2. The summed E-state index contributed by atoms with van der Waals surface area (Å²) in [5, 5.41) is 0. The molecule has 2 rings (SSSR count). The lowest BCUT2D eigenvalue weighted by atomic mass is 9.92. The van der Waals surface area contributed by atoms with E-state index in [-0.39, 0.29) is 6.42 Å². The van der Waals surface area contributed by atoms with E-state index in [0.29, 0.717) is 11.1 Å². The van der Waals surface area contributed by atoms with Gasteiger partial charge < -0.3 is 10.5 Å². The van der Waals surface area contributed by atoms with Crippen LogP contribution in [0.2, 0.25) is 0 Å². The van der Waals surface area contributed by atoms with Gasteiger partial charge in [-0.25, -0.2) is 4.39 Å². The van der Waals surface area contributed by atoms with Crippen LogP contribution in [0.25, 0.3) is 11.1 Å². The van der Waals surface area contributed by atoms with E-state index in [1.54, 1.807) is 6.07 Å². The van der Waals surface area contributed by atoms with Gasteiger partial charge in [-0.3, -0.25) is 9.59 Å². The third kappa shape index (κ3) is 4.26. The predicted octanol–water partition coefficient (Wildman–Crippen LogP) is 3.59. The summed E-state index contributed by atoms with van der Waals surface area (Å²) in [5.41, 5.74) is 10.2. The summed E-state index contributed by atoms with van der Waals surface area (Å²) in [6.07, 6.45) is -0.199. The van der Waals surface area contributed by atoms with Crippen molar-refractivity contribution in [2.75, 3.05) is 0 Å². The SMILES string of the molecule is CC(=O)OC(=O)C[C@H](N)c1cc(F)cc(-c2c(C)cccc2C)c1. The molecule has 5 heteroatoms. The number of esters is 2. The molecule has 0 saturated carbocycles. The van der Waals surface area contributed by atoms with Crippen LogP contribution in [0.15, 0.2) is 36.4 Å². The molecule has 126 valence electrons. The van der Waals surface area contributed by atoms with Crippen molar-refractivity contribution in [2.45, 2.75) is 33.2 Å². The molecule has 2 aromatic carbocycles. The number of ether oxygens (including phenoxy) is 1. The summed E-state index contributed by atoms with van der Waals surface area (Å²) in [6, 6.07) is 9.61. The fourth-order valence-electron chi connectivity index (χ4n) is 2.74. The molecule has 1 atom stereocenters. The normalized spacial score (nSPS) is 11.9. The van der Waals surface area contributed by atoms with E-state index < -0.39 is 23.8 Å². The highest BCUT2D eigenvalue weighted by molar-refractivity contribution is 5.84. The Bertz CT molecular complexity index is 766. The van der Waals surface area contributed by atoms with Gasteiger partial charge >= 0.3 is 11.9 Å². The van der Waals surface area contributed by atoms with Crippen molar-refractivity contribution in [3.05, 3.63) is 58.9 Å². The van der Waals surface area contributed by atoms with E-state index in [0.717, 1.165) is 23.6 Å². The highest BCUT2D eigenvalue weighted by Gasteiger charge is 2.17. The van der Waals surface area contributed by atoms with Gasteiger partial charge in [0.05, 0.1) is 6.42 Å². The van der Waals surface area contributed by atoms with E-state index in [1.807, 2.05) is 32.0 Å². The number of carbonyl (C=O) groups excluding carboxylic acids is 2. The first kappa shape index (κ1) is 17.8. The Morgan fingerprint density at radius 3 is 2.38 bits per heavy atom. The highest BCUT2D eigenvalue weighted by Crippen LogP contribution is 2.30. The largest absolute Gasteiger partial charge is 0.393 e. The first-order valence-corrected chi connectivity index (χ1v) is 7.62. The number of halogens is 1. The molecule has 24 heavy (non-hydrogen) atoms. The number of rotatable bonds is 4. The molecule has 0 aromatic heterocycles. The van der Waals surface area contributed by atoms with Crippen LogP contribution in [-0.4, -0.2) is 11.9 Å². The number of hydrogen-bond acceptors (Lipinski definition) is 4. The van der Waals surface area contributed by atoms with Crippen molar-refractivity contribution in [2.24, 2.45) is 5.73 Å². The number of aryl methyl sites for hydroxylation is 2. The molecule has 0 spiro atoms. The molecule has 2 N–H and O–H groups in total. The Hall–Kier alpha value is -2.53. The fourth-order valence-corrected chi connectivity index (χ4v) is 2.74. The van der Waals surface area contributed by atoms with Crippen LogP contribution >= 0.6 is 0 Å². The second kappa shape index (κ2) is 7.36. The van der Waals surface area contributed by atoms with Crippen LogP contribution in [0.1, 0.15) is 36.1 Å². The van der Waals surface area contributed by atoms with Gasteiger partial charge in [0.1, 0.15) is 5.82 Å². The Kier molecular flexibility index (Phi) is 5.46. The molecule has 0 aliphatic carbocycles.